The van der Waals surface area contributed by atoms with E-state index in [-0.39, 0.29) is 11.8 Å². The summed E-state index contributed by atoms with van der Waals surface area (Å²) in [6, 6.07) is 15.4. The summed E-state index contributed by atoms with van der Waals surface area (Å²) < 4.78 is 5.40. The molecular weight excluding hydrogens is 428 g/mol. The van der Waals surface area contributed by atoms with Crippen molar-refractivity contribution < 1.29 is 14.3 Å². The number of ether oxygens (including phenoxy) is 1. The van der Waals surface area contributed by atoms with Crippen LogP contribution in [0.15, 0.2) is 67.0 Å². The van der Waals surface area contributed by atoms with E-state index in [0.29, 0.717) is 39.0 Å². The van der Waals surface area contributed by atoms with Crippen LogP contribution in [0.5, 0.6) is 5.75 Å². The SMILES string of the molecule is COc1cc(NC(=O)c2cc3cc(Cl)ccc3nc2C)ccc1NC(=O)c1cccnc1. The van der Waals surface area contributed by atoms with Crippen LogP contribution in [0.2, 0.25) is 5.02 Å². The van der Waals surface area contributed by atoms with Gasteiger partial charge in [-0.3, -0.25) is 19.6 Å². The Labute approximate surface area is 189 Å². The molecule has 0 aliphatic heterocycles. The molecule has 0 aliphatic carbocycles. The second kappa shape index (κ2) is 9.03. The minimum atomic E-state index is -0.315. The van der Waals surface area contributed by atoms with Gasteiger partial charge >= 0.3 is 0 Å². The third-order valence-corrected chi connectivity index (χ3v) is 5.08. The zero-order valence-electron chi connectivity index (χ0n) is 17.3. The molecule has 2 aromatic carbocycles. The van der Waals surface area contributed by atoms with Crippen LogP contribution in [0, 0.1) is 6.92 Å². The van der Waals surface area contributed by atoms with Crippen LogP contribution in [0.1, 0.15) is 26.4 Å². The number of carbonyl (C=O) groups excluding carboxylic acids is 2. The summed E-state index contributed by atoms with van der Waals surface area (Å²) in [5.41, 5.74) is 3.21. The molecule has 0 atom stereocenters. The number of nitrogens with one attached hydrogen (secondary N) is 2. The fourth-order valence-corrected chi connectivity index (χ4v) is 3.42. The highest BCUT2D eigenvalue weighted by Gasteiger charge is 2.15. The molecule has 2 amide bonds. The molecule has 8 heteroatoms. The molecule has 160 valence electrons. The monoisotopic (exact) mass is 446 g/mol. The number of amides is 2. The largest absolute Gasteiger partial charge is 0.494 e. The number of aromatic nitrogens is 2. The number of rotatable bonds is 5. The van der Waals surface area contributed by atoms with E-state index in [9.17, 15) is 9.59 Å². The van der Waals surface area contributed by atoms with Crippen molar-refractivity contribution in [2.75, 3.05) is 17.7 Å². The van der Waals surface area contributed by atoms with E-state index < -0.39 is 0 Å². The normalized spacial score (nSPS) is 10.6. The molecule has 2 heterocycles. The summed E-state index contributed by atoms with van der Waals surface area (Å²) in [7, 11) is 1.49. The number of halogens is 1. The molecule has 4 rings (SSSR count). The molecule has 0 saturated carbocycles. The van der Waals surface area contributed by atoms with E-state index in [1.165, 1.54) is 13.3 Å². The van der Waals surface area contributed by atoms with Gasteiger partial charge in [0.1, 0.15) is 5.75 Å². The predicted octanol–water partition coefficient (Wildman–Crippen LogP) is 5.10. The number of benzene rings is 2. The summed E-state index contributed by atoms with van der Waals surface area (Å²) >= 11 is 6.07. The van der Waals surface area contributed by atoms with E-state index >= 15 is 0 Å². The minimum absolute atomic E-state index is 0.314. The Morgan fingerprint density at radius 2 is 1.84 bits per heavy atom. The Hall–Kier alpha value is -3.97. The van der Waals surface area contributed by atoms with Crippen LogP contribution in [-0.4, -0.2) is 28.9 Å². The van der Waals surface area contributed by atoms with Crippen LogP contribution in [0.3, 0.4) is 0 Å². The maximum atomic E-state index is 12.9. The van der Waals surface area contributed by atoms with Gasteiger partial charge in [0.2, 0.25) is 0 Å². The lowest BCUT2D eigenvalue weighted by Gasteiger charge is -2.13. The number of carbonyl (C=O) groups is 2. The van der Waals surface area contributed by atoms with Gasteiger partial charge in [0.25, 0.3) is 11.8 Å². The molecule has 0 fully saturated rings. The van der Waals surface area contributed by atoms with Crippen molar-refractivity contribution in [3.63, 3.8) is 0 Å². The zero-order valence-corrected chi connectivity index (χ0v) is 18.1. The lowest BCUT2D eigenvalue weighted by Crippen LogP contribution is -2.15. The fraction of sp³-hybridized carbons (Fsp3) is 0.0833. The van der Waals surface area contributed by atoms with Crippen LogP contribution in [0.4, 0.5) is 11.4 Å². The van der Waals surface area contributed by atoms with E-state index in [2.05, 4.69) is 20.6 Å². The maximum absolute atomic E-state index is 12.9. The summed E-state index contributed by atoms with van der Waals surface area (Å²) in [5, 5.41) is 6.99. The zero-order chi connectivity index (χ0) is 22.7. The Kier molecular flexibility index (Phi) is 6.00. The third kappa shape index (κ3) is 4.53. The average Bonchev–Trinajstić information content (AvgIpc) is 2.80. The number of hydrogen-bond donors (Lipinski definition) is 2. The van der Waals surface area contributed by atoms with E-state index in [1.54, 1.807) is 61.7 Å². The number of aryl methyl sites for hydroxylation is 1. The molecule has 0 spiro atoms. The maximum Gasteiger partial charge on any atom is 0.257 e. The second-order valence-electron chi connectivity index (χ2n) is 7.02. The molecule has 0 radical (unpaired) electrons. The standard InChI is InChI=1S/C24H19ClN4O3/c1-14-19(11-16-10-17(25)5-7-20(16)27-14)24(31)28-18-6-8-21(22(12-18)32-2)29-23(30)15-4-3-9-26-13-15/h3-13H,1-2H3,(H,28,31)(H,29,30). The Morgan fingerprint density at radius 3 is 2.59 bits per heavy atom. The Bertz CT molecular complexity index is 1330. The lowest BCUT2D eigenvalue weighted by atomic mass is 10.1. The van der Waals surface area contributed by atoms with Crippen LogP contribution in [-0.2, 0) is 0 Å². The number of anilines is 2. The summed E-state index contributed by atoms with van der Waals surface area (Å²) in [6.07, 6.45) is 3.07. The van der Waals surface area contributed by atoms with Gasteiger partial charge in [-0.25, -0.2) is 0 Å². The van der Waals surface area contributed by atoms with Crippen molar-refractivity contribution in [2.45, 2.75) is 6.92 Å². The molecule has 0 saturated heterocycles. The van der Waals surface area contributed by atoms with Crippen molar-refractivity contribution >= 4 is 45.7 Å². The molecule has 0 unspecified atom stereocenters. The lowest BCUT2D eigenvalue weighted by molar-refractivity contribution is 0.101. The van der Waals surface area contributed by atoms with E-state index in [1.807, 2.05) is 6.07 Å². The van der Waals surface area contributed by atoms with Gasteiger partial charge in [0.15, 0.2) is 0 Å². The van der Waals surface area contributed by atoms with Crippen LogP contribution < -0.4 is 15.4 Å². The van der Waals surface area contributed by atoms with Gasteiger partial charge in [0, 0.05) is 34.6 Å². The van der Waals surface area contributed by atoms with Crippen molar-refractivity contribution in [3.8, 4) is 5.75 Å². The second-order valence-corrected chi connectivity index (χ2v) is 7.46. The van der Waals surface area contributed by atoms with Crippen LogP contribution in [0.25, 0.3) is 10.9 Å². The number of nitrogens with zero attached hydrogens (tertiary/aromatic N) is 2. The average molecular weight is 447 g/mol. The van der Waals surface area contributed by atoms with Crippen molar-refractivity contribution in [2.24, 2.45) is 0 Å². The molecule has 0 aliphatic rings. The Balaban J connectivity index is 1.56. The van der Waals surface area contributed by atoms with Gasteiger partial charge in [-0.1, -0.05) is 11.6 Å². The first kappa shape index (κ1) is 21.3. The summed E-state index contributed by atoms with van der Waals surface area (Å²) in [5.74, 6) is -0.226. The first-order chi connectivity index (χ1) is 15.4. The number of methoxy groups -OCH3 is 1. The molecule has 2 N–H and O–H groups in total. The minimum Gasteiger partial charge on any atom is -0.494 e. The summed E-state index contributed by atoms with van der Waals surface area (Å²) in [6.45, 7) is 1.78. The van der Waals surface area contributed by atoms with Crippen molar-refractivity contribution in [3.05, 3.63) is 88.8 Å². The van der Waals surface area contributed by atoms with Crippen LogP contribution >= 0.6 is 11.6 Å². The highest BCUT2D eigenvalue weighted by Crippen LogP contribution is 2.29. The smallest absolute Gasteiger partial charge is 0.257 e. The van der Waals surface area contributed by atoms with Crippen molar-refractivity contribution in [1.29, 1.82) is 0 Å². The number of hydrogen-bond acceptors (Lipinski definition) is 5. The van der Waals surface area contributed by atoms with Crippen molar-refractivity contribution in [1.82, 2.24) is 9.97 Å². The highest BCUT2D eigenvalue weighted by molar-refractivity contribution is 6.31. The van der Waals surface area contributed by atoms with Gasteiger partial charge in [-0.2, -0.15) is 0 Å². The molecular formula is C24H19ClN4O3. The highest BCUT2D eigenvalue weighted by atomic mass is 35.5. The Morgan fingerprint density at radius 1 is 1.00 bits per heavy atom. The molecule has 4 aromatic rings. The van der Waals surface area contributed by atoms with E-state index in [0.717, 1.165) is 10.9 Å². The first-order valence-electron chi connectivity index (χ1n) is 9.72. The van der Waals surface area contributed by atoms with Gasteiger partial charge < -0.3 is 15.4 Å². The fourth-order valence-electron chi connectivity index (χ4n) is 3.24. The topological polar surface area (TPSA) is 93.2 Å². The predicted molar refractivity (Wildman–Crippen MR) is 125 cm³/mol. The van der Waals surface area contributed by atoms with E-state index in [4.69, 9.17) is 16.3 Å². The molecule has 0 bridgehead atoms. The molecule has 2 aromatic heterocycles. The van der Waals surface area contributed by atoms with Gasteiger partial charge in [-0.15, -0.1) is 0 Å². The molecule has 32 heavy (non-hydrogen) atoms. The third-order valence-electron chi connectivity index (χ3n) is 4.84. The number of fused-ring (bicyclic) bond motifs is 1. The molecule has 7 nitrogen and oxygen atoms in total. The summed E-state index contributed by atoms with van der Waals surface area (Å²) in [4.78, 5) is 33.8. The van der Waals surface area contributed by atoms with Gasteiger partial charge in [0.05, 0.1) is 35.1 Å². The number of pyridine rings is 2. The quantitative estimate of drug-likeness (QED) is 0.444. The van der Waals surface area contributed by atoms with Gasteiger partial charge in [-0.05, 0) is 55.5 Å². The first-order valence-corrected chi connectivity index (χ1v) is 10.1.